The largest absolute Gasteiger partial charge is 0.457 e. The minimum absolute atomic E-state index is 0.186. The molecule has 0 fully saturated rings. The number of allylic oxidation sites excluding steroid dienone is 12. The van der Waals surface area contributed by atoms with Crippen molar-refractivity contribution in [1.82, 2.24) is 0 Å². The third-order valence-corrected chi connectivity index (χ3v) is 7.77. The number of rotatable bonds is 34. The van der Waals surface area contributed by atoms with Crippen LogP contribution in [-0.4, -0.2) is 37.0 Å². The SMILES string of the molecule is CC/C=C\C/C=C\C/C=C\C/C=C\CCCCCCCCCOCC(CO)OC(=O)CCCCCCC/C=C\C/C=C\CCCC. The molecule has 1 unspecified atom stereocenters. The van der Waals surface area contributed by atoms with Crippen molar-refractivity contribution in [2.45, 2.75) is 168 Å². The molecule has 46 heavy (non-hydrogen) atoms. The topological polar surface area (TPSA) is 55.8 Å². The summed E-state index contributed by atoms with van der Waals surface area (Å²) < 4.78 is 11.1. The number of carbonyl (C=O) groups is 1. The van der Waals surface area contributed by atoms with Gasteiger partial charge in [0.2, 0.25) is 0 Å². The highest BCUT2D eigenvalue weighted by molar-refractivity contribution is 5.69. The van der Waals surface area contributed by atoms with Crippen LogP contribution in [0.2, 0.25) is 0 Å². The van der Waals surface area contributed by atoms with E-state index >= 15 is 0 Å². The fourth-order valence-corrected chi connectivity index (χ4v) is 4.92. The number of carbonyl (C=O) groups excluding carboxylic acids is 1. The normalized spacial score (nSPS) is 13.2. The first-order valence-electron chi connectivity index (χ1n) is 19.0. The van der Waals surface area contributed by atoms with Gasteiger partial charge in [0, 0.05) is 13.0 Å². The van der Waals surface area contributed by atoms with E-state index in [1.165, 1.54) is 70.6 Å². The van der Waals surface area contributed by atoms with Gasteiger partial charge in [-0.2, -0.15) is 0 Å². The number of hydrogen-bond acceptors (Lipinski definition) is 4. The Morgan fingerprint density at radius 2 is 0.978 bits per heavy atom. The number of aliphatic hydroxyl groups is 1. The summed E-state index contributed by atoms with van der Waals surface area (Å²) in [6, 6.07) is 0. The maximum atomic E-state index is 12.1. The van der Waals surface area contributed by atoms with Crippen molar-refractivity contribution >= 4 is 5.97 Å². The zero-order valence-electron chi connectivity index (χ0n) is 30.1. The molecule has 0 aromatic rings. The molecule has 0 bridgehead atoms. The molecule has 0 aromatic heterocycles. The van der Waals surface area contributed by atoms with Crippen molar-refractivity contribution in [2.24, 2.45) is 0 Å². The molecule has 0 rings (SSSR count). The zero-order valence-corrected chi connectivity index (χ0v) is 30.1. The van der Waals surface area contributed by atoms with Gasteiger partial charge in [-0.1, -0.05) is 151 Å². The Kier molecular flexibility index (Phi) is 37.2. The summed E-state index contributed by atoms with van der Waals surface area (Å²) in [5, 5.41) is 9.56. The second-order valence-corrected chi connectivity index (χ2v) is 12.3. The van der Waals surface area contributed by atoms with E-state index in [2.05, 4.69) is 86.8 Å². The second-order valence-electron chi connectivity index (χ2n) is 12.3. The number of esters is 1. The van der Waals surface area contributed by atoms with Gasteiger partial charge in [0.05, 0.1) is 13.2 Å². The van der Waals surface area contributed by atoms with Gasteiger partial charge >= 0.3 is 5.97 Å². The molecule has 0 saturated carbocycles. The summed E-state index contributed by atoms with van der Waals surface area (Å²) in [5.41, 5.74) is 0. The lowest BCUT2D eigenvalue weighted by molar-refractivity contribution is -0.154. The first-order valence-corrected chi connectivity index (χ1v) is 19.0. The van der Waals surface area contributed by atoms with E-state index in [9.17, 15) is 9.90 Å². The fourth-order valence-electron chi connectivity index (χ4n) is 4.92. The maximum absolute atomic E-state index is 12.1. The minimum Gasteiger partial charge on any atom is -0.457 e. The highest BCUT2D eigenvalue weighted by Gasteiger charge is 2.13. The standard InChI is InChI=1S/C42H72O4/c1-3-5-7-9-11-13-15-17-19-20-21-22-23-24-26-28-30-32-34-36-38-45-40-41(39-43)46-42(44)37-35-33-31-29-27-25-18-16-14-12-10-8-6-4-2/h5,7,10-13,16-19,21-22,41,43H,3-4,6,8-9,14-15,20,23-40H2,1-2H3/b7-5-,12-10-,13-11-,18-16-,19-17-,22-21-. The molecule has 0 spiro atoms. The van der Waals surface area contributed by atoms with Gasteiger partial charge in [-0.05, 0) is 77.0 Å². The Hall–Kier alpha value is -2.17. The molecule has 0 aromatic carbocycles. The van der Waals surface area contributed by atoms with Crippen molar-refractivity contribution in [3.8, 4) is 0 Å². The van der Waals surface area contributed by atoms with Crippen LogP contribution in [0.25, 0.3) is 0 Å². The quantitative estimate of drug-likeness (QED) is 0.0432. The molecule has 4 heteroatoms. The van der Waals surface area contributed by atoms with Crippen molar-refractivity contribution in [3.05, 3.63) is 72.9 Å². The molecule has 1 atom stereocenters. The second kappa shape index (κ2) is 39.0. The van der Waals surface area contributed by atoms with E-state index in [-0.39, 0.29) is 19.2 Å². The molecule has 0 heterocycles. The summed E-state index contributed by atoms with van der Waals surface area (Å²) in [6.45, 7) is 5.14. The average molecular weight is 641 g/mol. The highest BCUT2D eigenvalue weighted by atomic mass is 16.6. The Morgan fingerprint density at radius 3 is 1.48 bits per heavy atom. The Morgan fingerprint density at radius 1 is 0.543 bits per heavy atom. The lowest BCUT2D eigenvalue weighted by Crippen LogP contribution is -2.27. The molecule has 1 N–H and O–H groups in total. The van der Waals surface area contributed by atoms with Gasteiger partial charge in [0.15, 0.2) is 0 Å². The van der Waals surface area contributed by atoms with E-state index in [0.29, 0.717) is 13.0 Å². The van der Waals surface area contributed by atoms with E-state index in [1.54, 1.807) is 0 Å². The molecule has 264 valence electrons. The molecule has 0 aliphatic carbocycles. The van der Waals surface area contributed by atoms with E-state index in [4.69, 9.17) is 9.47 Å². The summed E-state index contributed by atoms with van der Waals surface area (Å²) >= 11 is 0. The van der Waals surface area contributed by atoms with Crippen LogP contribution in [0, 0.1) is 0 Å². The number of aliphatic hydroxyl groups excluding tert-OH is 1. The monoisotopic (exact) mass is 641 g/mol. The van der Waals surface area contributed by atoms with Crippen molar-refractivity contribution < 1.29 is 19.4 Å². The van der Waals surface area contributed by atoms with E-state index < -0.39 is 6.10 Å². The number of unbranched alkanes of at least 4 members (excludes halogenated alkanes) is 14. The van der Waals surface area contributed by atoms with Gasteiger partial charge in [-0.3, -0.25) is 4.79 Å². The predicted molar refractivity (Wildman–Crippen MR) is 200 cm³/mol. The molecule has 0 saturated heterocycles. The summed E-state index contributed by atoms with van der Waals surface area (Å²) in [5.74, 6) is -0.223. The zero-order chi connectivity index (χ0) is 33.4. The minimum atomic E-state index is -0.550. The molecular weight excluding hydrogens is 568 g/mol. The first kappa shape index (κ1) is 43.8. The number of ether oxygens (including phenoxy) is 2. The molecule has 4 nitrogen and oxygen atoms in total. The van der Waals surface area contributed by atoms with Crippen LogP contribution in [-0.2, 0) is 14.3 Å². The third kappa shape index (κ3) is 36.3. The summed E-state index contributed by atoms with van der Waals surface area (Å²) in [7, 11) is 0. The lowest BCUT2D eigenvalue weighted by atomic mass is 10.1. The summed E-state index contributed by atoms with van der Waals surface area (Å²) in [4.78, 5) is 12.1. The Bertz CT molecular complexity index is 804. The van der Waals surface area contributed by atoms with Crippen molar-refractivity contribution in [1.29, 1.82) is 0 Å². The first-order chi connectivity index (χ1) is 22.7. The van der Waals surface area contributed by atoms with Crippen LogP contribution < -0.4 is 0 Å². The molecular formula is C42H72O4. The van der Waals surface area contributed by atoms with Crippen LogP contribution in [0.15, 0.2) is 72.9 Å². The predicted octanol–water partition coefficient (Wildman–Crippen LogP) is 12.3. The van der Waals surface area contributed by atoms with Gasteiger partial charge in [0.1, 0.15) is 6.10 Å². The molecule has 0 amide bonds. The maximum Gasteiger partial charge on any atom is 0.306 e. The molecule has 0 aliphatic heterocycles. The van der Waals surface area contributed by atoms with Crippen molar-refractivity contribution in [3.63, 3.8) is 0 Å². The van der Waals surface area contributed by atoms with Gasteiger partial charge in [0.25, 0.3) is 0 Å². The Balaban J connectivity index is 3.51. The third-order valence-electron chi connectivity index (χ3n) is 7.77. The fraction of sp³-hybridized carbons (Fsp3) is 0.690. The van der Waals surface area contributed by atoms with Gasteiger partial charge < -0.3 is 14.6 Å². The Labute approximate surface area is 285 Å². The number of hydrogen-bond donors (Lipinski definition) is 1. The van der Waals surface area contributed by atoms with E-state index in [1.807, 2.05) is 0 Å². The van der Waals surface area contributed by atoms with Gasteiger partial charge in [-0.15, -0.1) is 0 Å². The van der Waals surface area contributed by atoms with Crippen LogP contribution in [0.3, 0.4) is 0 Å². The van der Waals surface area contributed by atoms with Crippen LogP contribution in [0.1, 0.15) is 162 Å². The summed E-state index contributed by atoms with van der Waals surface area (Å²) in [6.07, 6.45) is 52.3. The van der Waals surface area contributed by atoms with Crippen molar-refractivity contribution in [2.75, 3.05) is 19.8 Å². The van der Waals surface area contributed by atoms with Crippen LogP contribution >= 0.6 is 0 Å². The smallest absolute Gasteiger partial charge is 0.306 e. The lowest BCUT2D eigenvalue weighted by Gasteiger charge is -2.15. The van der Waals surface area contributed by atoms with Gasteiger partial charge in [-0.25, -0.2) is 0 Å². The van der Waals surface area contributed by atoms with Crippen LogP contribution in [0.5, 0.6) is 0 Å². The van der Waals surface area contributed by atoms with E-state index in [0.717, 1.165) is 70.6 Å². The molecule has 0 aliphatic rings. The average Bonchev–Trinajstić information content (AvgIpc) is 3.06. The molecule has 0 radical (unpaired) electrons. The highest BCUT2D eigenvalue weighted by Crippen LogP contribution is 2.11. The van der Waals surface area contributed by atoms with Crippen LogP contribution in [0.4, 0.5) is 0 Å².